The number of hydrogen-bond donors (Lipinski definition) is 1. The van der Waals surface area contributed by atoms with E-state index in [4.69, 9.17) is 0 Å². The maximum atomic E-state index is 3.64. The summed E-state index contributed by atoms with van der Waals surface area (Å²) in [6, 6.07) is 2.41. The summed E-state index contributed by atoms with van der Waals surface area (Å²) >= 11 is 0. The van der Waals surface area contributed by atoms with Gasteiger partial charge in [0.15, 0.2) is 0 Å². The van der Waals surface area contributed by atoms with Gasteiger partial charge in [-0.05, 0) is 57.7 Å². The second kappa shape index (κ2) is 6.11. The zero-order chi connectivity index (χ0) is 13.2. The van der Waals surface area contributed by atoms with Crippen LogP contribution in [-0.2, 0) is 0 Å². The Kier molecular flexibility index (Phi) is 4.45. The van der Waals surface area contributed by atoms with Crippen molar-refractivity contribution in [1.82, 2.24) is 15.1 Å². The largest absolute Gasteiger partial charge is 0.314 e. The van der Waals surface area contributed by atoms with E-state index >= 15 is 0 Å². The lowest BCUT2D eigenvalue weighted by Crippen LogP contribution is -2.49. The third kappa shape index (κ3) is 3.14. The number of likely N-dealkylation sites (tertiary alicyclic amines) is 1. The summed E-state index contributed by atoms with van der Waals surface area (Å²) in [5.74, 6) is 0.881. The minimum atomic E-state index is 0.632. The Bertz CT molecular complexity index is 292. The number of nitrogens with one attached hydrogen (secondary N) is 1. The van der Waals surface area contributed by atoms with Crippen LogP contribution in [0.1, 0.15) is 46.0 Å². The summed E-state index contributed by atoms with van der Waals surface area (Å²) in [6.45, 7) is 11.2. The molecule has 3 nitrogen and oxygen atoms in total. The monoisotopic (exact) mass is 265 g/mol. The van der Waals surface area contributed by atoms with Gasteiger partial charge in [-0.3, -0.25) is 9.80 Å². The van der Waals surface area contributed by atoms with E-state index in [-0.39, 0.29) is 0 Å². The topological polar surface area (TPSA) is 18.5 Å². The van der Waals surface area contributed by atoms with Gasteiger partial charge in [-0.15, -0.1) is 0 Å². The molecule has 110 valence electrons. The van der Waals surface area contributed by atoms with E-state index in [1.807, 2.05) is 0 Å². The van der Waals surface area contributed by atoms with Gasteiger partial charge in [0.25, 0.3) is 0 Å². The summed E-state index contributed by atoms with van der Waals surface area (Å²) in [4.78, 5) is 5.59. The van der Waals surface area contributed by atoms with Crippen LogP contribution in [0.5, 0.6) is 0 Å². The average Bonchev–Trinajstić information content (AvgIpc) is 2.99. The normalized spacial score (nSPS) is 37.1. The van der Waals surface area contributed by atoms with Crippen LogP contribution < -0.4 is 5.32 Å². The number of piperidine rings is 1. The number of rotatable bonds is 4. The fourth-order valence-corrected chi connectivity index (χ4v) is 4.45. The van der Waals surface area contributed by atoms with Gasteiger partial charge in [-0.2, -0.15) is 0 Å². The van der Waals surface area contributed by atoms with Crippen LogP contribution in [0.2, 0.25) is 0 Å². The van der Waals surface area contributed by atoms with E-state index in [1.165, 1.54) is 64.8 Å². The molecule has 3 aliphatic rings. The molecule has 0 spiro atoms. The maximum absolute atomic E-state index is 3.64. The average molecular weight is 265 g/mol. The van der Waals surface area contributed by atoms with Crippen LogP contribution in [-0.4, -0.2) is 60.6 Å². The first-order valence-electron chi connectivity index (χ1n) is 8.45. The van der Waals surface area contributed by atoms with Crippen LogP contribution in [0.15, 0.2) is 0 Å². The maximum Gasteiger partial charge on any atom is 0.0263 e. The molecule has 0 bridgehead atoms. The molecule has 0 aliphatic carbocycles. The molecule has 3 saturated heterocycles. The van der Waals surface area contributed by atoms with Crippen molar-refractivity contribution in [2.75, 3.05) is 32.7 Å². The molecule has 0 aromatic rings. The predicted molar refractivity (Wildman–Crippen MR) is 80.4 cm³/mol. The molecule has 0 aromatic carbocycles. The number of hydrogen-bond acceptors (Lipinski definition) is 3. The van der Waals surface area contributed by atoms with E-state index in [2.05, 4.69) is 29.0 Å². The van der Waals surface area contributed by atoms with Gasteiger partial charge in [0.2, 0.25) is 0 Å². The minimum Gasteiger partial charge on any atom is -0.314 e. The van der Waals surface area contributed by atoms with Gasteiger partial charge >= 0.3 is 0 Å². The first-order chi connectivity index (χ1) is 9.24. The summed E-state index contributed by atoms with van der Waals surface area (Å²) in [7, 11) is 0. The van der Waals surface area contributed by atoms with E-state index in [1.54, 1.807) is 0 Å². The molecule has 3 atom stereocenters. The van der Waals surface area contributed by atoms with E-state index in [9.17, 15) is 0 Å². The highest BCUT2D eigenvalue weighted by Crippen LogP contribution is 2.33. The molecule has 0 amide bonds. The SMILES string of the molecule is CC(C)NCC1CCCN(C2CCN3CCCC23)C1. The zero-order valence-electron chi connectivity index (χ0n) is 12.8. The quantitative estimate of drug-likeness (QED) is 0.838. The van der Waals surface area contributed by atoms with Gasteiger partial charge in [0.1, 0.15) is 0 Å². The van der Waals surface area contributed by atoms with Crippen LogP contribution >= 0.6 is 0 Å². The van der Waals surface area contributed by atoms with Crippen molar-refractivity contribution in [3.05, 3.63) is 0 Å². The molecule has 0 radical (unpaired) electrons. The molecule has 3 heterocycles. The Morgan fingerprint density at radius 2 is 1.68 bits per heavy atom. The summed E-state index contributed by atoms with van der Waals surface area (Å²) in [5, 5.41) is 3.64. The third-order valence-electron chi connectivity index (χ3n) is 5.40. The molecule has 0 aromatic heterocycles. The molecular formula is C16H31N3. The highest BCUT2D eigenvalue weighted by molar-refractivity contribution is 4.98. The molecule has 3 rings (SSSR count). The van der Waals surface area contributed by atoms with Crippen molar-refractivity contribution in [2.24, 2.45) is 5.92 Å². The fraction of sp³-hybridized carbons (Fsp3) is 1.00. The van der Waals surface area contributed by atoms with E-state index in [0.29, 0.717) is 6.04 Å². The van der Waals surface area contributed by atoms with Crippen LogP contribution in [0.4, 0.5) is 0 Å². The zero-order valence-corrected chi connectivity index (χ0v) is 12.8. The van der Waals surface area contributed by atoms with Crippen LogP contribution in [0.25, 0.3) is 0 Å². The Morgan fingerprint density at radius 1 is 0.947 bits per heavy atom. The fourth-order valence-electron chi connectivity index (χ4n) is 4.45. The smallest absolute Gasteiger partial charge is 0.0263 e. The third-order valence-corrected chi connectivity index (χ3v) is 5.40. The molecule has 0 saturated carbocycles. The molecule has 3 heteroatoms. The lowest BCUT2D eigenvalue weighted by molar-refractivity contribution is 0.102. The lowest BCUT2D eigenvalue weighted by atomic mass is 9.94. The first kappa shape index (κ1) is 13.8. The Labute approximate surface area is 118 Å². The van der Waals surface area contributed by atoms with Gasteiger partial charge in [-0.1, -0.05) is 13.8 Å². The lowest BCUT2D eigenvalue weighted by Gasteiger charge is -2.39. The van der Waals surface area contributed by atoms with Gasteiger partial charge in [0.05, 0.1) is 0 Å². The Hall–Kier alpha value is -0.120. The first-order valence-corrected chi connectivity index (χ1v) is 8.45. The van der Waals surface area contributed by atoms with Crippen LogP contribution in [0.3, 0.4) is 0 Å². The predicted octanol–water partition coefficient (Wildman–Crippen LogP) is 1.93. The molecule has 3 aliphatic heterocycles. The van der Waals surface area contributed by atoms with Crippen molar-refractivity contribution in [2.45, 2.75) is 64.1 Å². The second-order valence-electron chi connectivity index (χ2n) is 7.17. The van der Waals surface area contributed by atoms with Crippen molar-refractivity contribution in [1.29, 1.82) is 0 Å². The molecule has 3 unspecified atom stereocenters. The summed E-state index contributed by atoms with van der Waals surface area (Å²) in [5.41, 5.74) is 0. The molecular weight excluding hydrogens is 234 g/mol. The molecule has 3 fully saturated rings. The van der Waals surface area contributed by atoms with Gasteiger partial charge < -0.3 is 5.32 Å². The number of fused-ring (bicyclic) bond motifs is 1. The molecule has 1 N–H and O–H groups in total. The van der Waals surface area contributed by atoms with Crippen molar-refractivity contribution < 1.29 is 0 Å². The summed E-state index contributed by atoms with van der Waals surface area (Å²) in [6.07, 6.45) is 7.16. The summed E-state index contributed by atoms with van der Waals surface area (Å²) < 4.78 is 0. The highest BCUT2D eigenvalue weighted by Gasteiger charge is 2.41. The molecule has 19 heavy (non-hydrogen) atoms. The van der Waals surface area contributed by atoms with Crippen molar-refractivity contribution in [3.8, 4) is 0 Å². The van der Waals surface area contributed by atoms with Crippen molar-refractivity contribution >= 4 is 0 Å². The van der Waals surface area contributed by atoms with Gasteiger partial charge in [0, 0.05) is 31.2 Å². The van der Waals surface area contributed by atoms with Gasteiger partial charge in [-0.25, -0.2) is 0 Å². The second-order valence-corrected chi connectivity index (χ2v) is 7.17. The van der Waals surface area contributed by atoms with Crippen LogP contribution in [0, 0.1) is 5.92 Å². The standard InChI is InChI=1S/C16H31N3/c1-13(2)17-11-14-5-3-9-19(12-14)16-7-10-18-8-4-6-15(16)18/h13-17H,3-12H2,1-2H3. The minimum absolute atomic E-state index is 0.632. The van der Waals surface area contributed by atoms with Crippen molar-refractivity contribution in [3.63, 3.8) is 0 Å². The highest BCUT2D eigenvalue weighted by atomic mass is 15.3. The van der Waals surface area contributed by atoms with E-state index in [0.717, 1.165) is 18.0 Å². The number of nitrogens with zero attached hydrogens (tertiary/aromatic N) is 2. The Morgan fingerprint density at radius 3 is 2.53 bits per heavy atom. The van der Waals surface area contributed by atoms with E-state index < -0.39 is 0 Å². The Balaban J connectivity index is 1.53.